The number of rotatable bonds is 5. The molecule has 0 radical (unpaired) electrons. The summed E-state index contributed by atoms with van der Waals surface area (Å²) in [6.45, 7) is 8.07. The first kappa shape index (κ1) is 14.7. The first-order valence-corrected chi connectivity index (χ1v) is 7.72. The molecule has 0 bridgehead atoms. The monoisotopic (exact) mass is 324 g/mol. The Kier molecular flexibility index (Phi) is 5.55. The van der Waals surface area contributed by atoms with Crippen LogP contribution in [0, 0.1) is 0 Å². The lowest BCUT2D eigenvalue weighted by Crippen LogP contribution is -2.47. The van der Waals surface area contributed by atoms with Crippen LogP contribution in [0.25, 0.3) is 0 Å². The molecule has 0 unspecified atom stereocenters. The van der Waals surface area contributed by atoms with E-state index < -0.39 is 0 Å². The second kappa shape index (κ2) is 7.17. The average Bonchev–Trinajstić information content (AvgIpc) is 2.42. The van der Waals surface area contributed by atoms with Crippen LogP contribution in [0.1, 0.15) is 23.7 Å². The normalized spacial score (nSPS) is 17.6. The Hall–Kier alpha value is -0.710. The summed E-state index contributed by atoms with van der Waals surface area (Å²) in [6, 6.07) is 7.66. The van der Waals surface area contributed by atoms with Gasteiger partial charge in [0.05, 0.1) is 6.54 Å². The van der Waals surface area contributed by atoms with Crippen molar-refractivity contribution in [3.05, 3.63) is 34.3 Å². The Labute approximate surface area is 123 Å². The van der Waals surface area contributed by atoms with Gasteiger partial charge in [0.1, 0.15) is 0 Å². The van der Waals surface area contributed by atoms with Gasteiger partial charge < -0.3 is 4.90 Å². The SMILES string of the molecule is CCCN1CCN(CC(=O)c2ccccc2Br)CC1. The average molecular weight is 325 g/mol. The van der Waals surface area contributed by atoms with Crippen LogP contribution in [0.2, 0.25) is 0 Å². The van der Waals surface area contributed by atoms with E-state index >= 15 is 0 Å². The number of nitrogens with zero attached hydrogens (tertiary/aromatic N) is 2. The van der Waals surface area contributed by atoms with Crippen LogP contribution in [-0.4, -0.2) is 54.9 Å². The van der Waals surface area contributed by atoms with Gasteiger partial charge in [0.2, 0.25) is 0 Å². The molecule has 0 spiro atoms. The molecule has 0 atom stereocenters. The van der Waals surface area contributed by atoms with Crippen LogP contribution < -0.4 is 0 Å². The molecule has 0 saturated carbocycles. The zero-order chi connectivity index (χ0) is 13.7. The van der Waals surface area contributed by atoms with E-state index in [1.54, 1.807) is 0 Å². The summed E-state index contributed by atoms with van der Waals surface area (Å²) in [4.78, 5) is 17.0. The van der Waals surface area contributed by atoms with Gasteiger partial charge >= 0.3 is 0 Å². The van der Waals surface area contributed by atoms with Gasteiger partial charge in [-0.15, -0.1) is 0 Å². The van der Waals surface area contributed by atoms with E-state index in [0.717, 1.165) is 36.2 Å². The molecule has 0 aromatic heterocycles. The molecular weight excluding hydrogens is 304 g/mol. The number of halogens is 1. The Morgan fingerprint density at radius 3 is 2.42 bits per heavy atom. The third-order valence-electron chi connectivity index (χ3n) is 3.55. The fourth-order valence-electron chi connectivity index (χ4n) is 2.46. The number of carbonyl (C=O) groups is 1. The lowest BCUT2D eigenvalue weighted by atomic mass is 10.1. The Morgan fingerprint density at radius 1 is 1.16 bits per heavy atom. The molecular formula is C15H21BrN2O. The quantitative estimate of drug-likeness (QED) is 0.778. The predicted octanol–water partition coefficient (Wildman–Crippen LogP) is 2.66. The molecule has 1 aromatic carbocycles. The Bertz CT molecular complexity index is 428. The molecule has 0 N–H and O–H groups in total. The van der Waals surface area contributed by atoms with Gasteiger partial charge in [-0.1, -0.05) is 41.1 Å². The van der Waals surface area contributed by atoms with Crippen molar-refractivity contribution in [3.63, 3.8) is 0 Å². The number of carbonyl (C=O) groups excluding carboxylic acids is 1. The Morgan fingerprint density at radius 2 is 1.79 bits per heavy atom. The minimum atomic E-state index is 0.205. The van der Waals surface area contributed by atoms with E-state index in [4.69, 9.17) is 0 Å². The standard InChI is InChI=1S/C15H21BrN2O/c1-2-7-17-8-10-18(11-9-17)12-15(19)13-5-3-4-6-14(13)16/h3-6H,2,7-12H2,1H3. The van der Waals surface area contributed by atoms with Crippen LogP contribution in [0.5, 0.6) is 0 Å². The summed E-state index contributed by atoms with van der Waals surface area (Å²) >= 11 is 3.44. The number of piperazine rings is 1. The van der Waals surface area contributed by atoms with E-state index in [1.165, 1.54) is 13.0 Å². The highest BCUT2D eigenvalue weighted by Crippen LogP contribution is 2.17. The van der Waals surface area contributed by atoms with Crippen molar-refractivity contribution in [2.75, 3.05) is 39.3 Å². The number of Topliss-reactive ketones (excluding diaryl/α,β-unsaturated/α-hetero) is 1. The highest BCUT2D eigenvalue weighted by molar-refractivity contribution is 9.10. The zero-order valence-electron chi connectivity index (χ0n) is 11.4. The first-order chi connectivity index (χ1) is 9.20. The van der Waals surface area contributed by atoms with Gasteiger partial charge in [-0.3, -0.25) is 9.69 Å². The van der Waals surface area contributed by atoms with Gasteiger partial charge in [-0.2, -0.15) is 0 Å². The predicted molar refractivity (Wildman–Crippen MR) is 81.6 cm³/mol. The van der Waals surface area contributed by atoms with E-state index in [9.17, 15) is 4.79 Å². The van der Waals surface area contributed by atoms with Crippen molar-refractivity contribution in [1.29, 1.82) is 0 Å². The number of benzene rings is 1. The molecule has 19 heavy (non-hydrogen) atoms. The molecule has 0 amide bonds. The summed E-state index contributed by atoms with van der Waals surface area (Å²) in [7, 11) is 0. The van der Waals surface area contributed by atoms with E-state index in [-0.39, 0.29) is 5.78 Å². The van der Waals surface area contributed by atoms with Crippen molar-refractivity contribution in [2.45, 2.75) is 13.3 Å². The van der Waals surface area contributed by atoms with E-state index in [2.05, 4.69) is 32.7 Å². The summed E-state index contributed by atoms with van der Waals surface area (Å²) in [5.41, 5.74) is 0.790. The summed E-state index contributed by atoms with van der Waals surface area (Å²) in [5, 5.41) is 0. The second-order valence-electron chi connectivity index (χ2n) is 5.02. The van der Waals surface area contributed by atoms with Crippen LogP contribution >= 0.6 is 15.9 Å². The summed E-state index contributed by atoms with van der Waals surface area (Å²) in [6.07, 6.45) is 1.20. The van der Waals surface area contributed by atoms with Crippen LogP contribution in [0.3, 0.4) is 0 Å². The number of hydrogen-bond acceptors (Lipinski definition) is 3. The molecule has 1 saturated heterocycles. The molecule has 1 fully saturated rings. The topological polar surface area (TPSA) is 23.6 Å². The largest absolute Gasteiger partial charge is 0.301 e. The minimum Gasteiger partial charge on any atom is -0.301 e. The molecule has 3 nitrogen and oxygen atoms in total. The smallest absolute Gasteiger partial charge is 0.177 e. The highest BCUT2D eigenvalue weighted by Gasteiger charge is 2.19. The first-order valence-electron chi connectivity index (χ1n) is 6.93. The molecule has 1 aliphatic heterocycles. The maximum atomic E-state index is 12.3. The maximum absolute atomic E-state index is 12.3. The molecule has 1 heterocycles. The van der Waals surface area contributed by atoms with E-state index in [1.807, 2.05) is 24.3 Å². The molecule has 0 aliphatic carbocycles. The van der Waals surface area contributed by atoms with Crippen LogP contribution in [0.4, 0.5) is 0 Å². The minimum absolute atomic E-state index is 0.205. The van der Waals surface area contributed by atoms with E-state index in [0.29, 0.717) is 6.54 Å². The van der Waals surface area contributed by atoms with Gasteiger partial charge in [0, 0.05) is 36.2 Å². The molecule has 104 valence electrons. The molecule has 1 aliphatic rings. The third kappa shape index (κ3) is 4.13. The fourth-order valence-corrected chi connectivity index (χ4v) is 2.97. The summed E-state index contributed by atoms with van der Waals surface area (Å²) < 4.78 is 0.893. The summed E-state index contributed by atoms with van der Waals surface area (Å²) in [5.74, 6) is 0.205. The van der Waals surface area contributed by atoms with Gasteiger partial charge in [-0.05, 0) is 19.0 Å². The van der Waals surface area contributed by atoms with Crippen molar-refractivity contribution < 1.29 is 4.79 Å². The maximum Gasteiger partial charge on any atom is 0.177 e. The van der Waals surface area contributed by atoms with Gasteiger partial charge in [-0.25, -0.2) is 0 Å². The van der Waals surface area contributed by atoms with Gasteiger partial charge in [0.15, 0.2) is 5.78 Å². The van der Waals surface area contributed by atoms with Crippen LogP contribution in [0.15, 0.2) is 28.7 Å². The van der Waals surface area contributed by atoms with Crippen LogP contribution in [-0.2, 0) is 0 Å². The molecule has 4 heteroatoms. The molecule has 1 aromatic rings. The second-order valence-corrected chi connectivity index (χ2v) is 5.88. The lowest BCUT2D eigenvalue weighted by Gasteiger charge is -2.34. The molecule has 2 rings (SSSR count). The number of ketones is 1. The Balaban J connectivity index is 1.86. The number of hydrogen-bond donors (Lipinski definition) is 0. The van der Waals surface area contributed by atoms with Gasteiger partial charge in [0.25, 0.3) is 0 Å². The van der Waals surface area contributed by atoms with Crippen molar-refractivity contribution in [2.24, 2.45) is 0 Å². The van der Waals surface area contributed by atoms with Crippen molar-refractivity contribution in [1.82, 2.24) is 9.80 Å². The fraction of sp³-hybridized carbons (Fsp3) is 0.533. The zero-order valence-corrected chi connectivity index (χ0v) is 13.0. The van der Waals surface area contributed by atoms with Crippen molar-refractivity contribution in [3.8, 4) is 0 Å². The highest BCUT2D eigenvalue weighted by atomic mass is 79.9. The lowest BCUT2D eigenvalue weighted by molar-refractivity contribution is 0.0852. The van der Waals surface area contributed by atoms with Crippen molar-refractivity contribution >= 4 is 21.7 Å². The third-order valence-corrected chi connectivity index (χ3v) is 4.24.